The topological polar surface area (TPSA) is 92.5 Å². The van der Waals surface area contributed by atoms with Crippen molar-refractivity contribution in [2.45, 2.75) is 38.0 Å². The summed E-state index contributed by atoms with van der Waals surface area (Å²) in [5.74, 6) is -1.93. The van der Waals surface area contributed by atoms with Gasteiger partial charge >= 0.3 is 6.18 Å². The average Bonchev–Trinajstić information content (AvgIpc) is 2.53. The van der Waals surface area contributed by atoms with Crippen LogP contribution in [0.25, 0.3) is 0 Å². The molecule has 6 nitrogen and oxygen atoms in total. The Bertz CT molecular complexity index is 691. The summed E-state index contributed by atoms with van der Waals surface area (Å²) < 4.78 is 39.0. The fraction of sp³-hybridized carbons (Fsp3) is 0.438. The summed E-state index contributed by atoms with van der Waals surface area (Å²) in [6.45, 7) is 0.847. The first-order valence-electron chi connectivity index (χ1n) is 7.64. The van der Waals surface area contributed by atoms with Crippen LogP contribution in [-0.2, 0) is 4.79 Å². The Balaban J connectivity index is 2.08. The van der Waals surface area contributed by atoms with Crippen molar-refractivity contribution >= 4 is 17.7 Å². The molecule has 2 rings (SSSR count). The highest BCUT2D eigenvalue weighted by Crippen LogP contribution is 2.32. The lowest BCUT2D eigenvalue weighted by molar-refractivity contribution is -0.196. The van der Waals surface area contributed by atoms with Gasteiger partial charge in [0.25, 0.3) is 5.91 Å². The number of hydrogen-bond donors (Lipinski definition) is 2. The fourth-order valence-electron chi connectivity index (χ4n) is 2.86. The number of nitrogens with zero attached hydrogens (tertiary/aromatic N) is 1. The molecule has 1 aromatic carbocycles. The van der Waals surface area contributed by atoms with E-state index < -0.39 is 36.0 Å². The molecular formula is C16H18F3N3O3. The lowest BCUT2D eigenvalue weighted by atomic mass is 9.97. The normalized spacial score (nSPS) is 20.9. The Morgan fingerprint density at radius 1 is 1.20 bits per heavy atom. The molecule has 1 aromatic rings. The number of nitrogens with two attached hydrogens (primary N) is 1. The van der Waals surface area contributed by atoms with Crippen LogP contribution in [0.15, 0.2) is 24.3 Å². The highest BCUT2D eigenvalue weighted by atomic mass is 19.4. The first-order valence-corrected chi connectivity index (χ1v) is 7.64. The second kappa shape index (κ2) is 7.12. The summed E-state index contributed by atoms with van der Waals surface area (Å²) in [7, 11) is 0. The largest absolute Gasteiger partial charge is 0.408 e. The predicted octanol–water partition coefficient (Wildman–Crippen LogP) is 1.46. The Morgan fingerprint density at radius 2 is 1.84 bits per heavy atom. The van der Waals surface area contributed by atoms with Crippen LogP contribution in [0.4, 0.5) is 13.2 Å². The average molecular weight is 357 g/mol. The summed E-state index contributed by atoms with van der Waals surface area (Å²) >= 11 is 0. The minimum atomic E-state index is -4.50. The molecule has 1 heterocycles. The Hall–Kier alpha value is -2.58. The van der Waals surface area contributed by atoms with Gasteiger partial charge in [0.1, 0.15) is 6.04 Å². The minimum Gasteiger partial charge on any atom is -0.366 e. The number of amides is 3. The number of nitrogens with one attached hydrogen (secondary N) is 1. The molecule has 2 atom stereocenters. The number of likely N-dealkylation sites (tertiary alicyclic amines) is 1. The number of carbonyl (C=O) groups is 3. The molecule has 2 unspecified atom stereocenters. The van der Waals surface area contributed by atoms with Gasteiger partial charge in [-0.05, 0) is 31.0 Å². The van der Waals surface area contributed by atoms with Crippen molar-refractivity contribution in [3.8, 4) is 0 Å². The lowest BCUT2D eigenvalue weighted by Gasteiger charge is -2.40. The fourth-order valence-corrected chi connectivity index (χ4v) is 2.86. The van der Waals surface area contributed by atoms with Crippen molar-refractivity contribution in [2.24, 2.45) is 5.73 Å². The van der Waals surface area contributed by atoms with Crippen LogP contribution in [0.3, 0.4) is 0 Å². The third-order valence-electron chi connectivity index (χ3n) is 4.11. The second-order valence-electron chi connectivity index (χ2n) is 5.92. The molecule has 1 saturated heterocycles. The van der Waals surface area contributed by atoms with Crippen molar-refractivity contribution in [1.29, 1.82) is 0 Å². The molecular weight excluding hydrogens is 339 g/mol. The van der Waals surface area contributed by atoms with Crippen LogP contribution in [-0.4, -0.2) is 47.4 Å². The monoisotopic (exact) mass is 357 g/mol. The summed E-state index contributed by atoms with van der Waals surface area (Å²) in [4.78, 5) is 35.7. The van der Waals surface area contributed by atoms with Crippen LogP contribution in [0.2, 0.25) is 0 Å². The van der Waals surface area contributed by atoms with Gasteiger partial charge in [-0.3, -0.25) is 14.4 Å². The zero-order valence-electron chi connectivity index (χ0n) is 13.5. The summed E-state index contributed by atoms with van der Waals surface area (Å²) in [6, 6.07) is 3.26. The number of carbonyl (C=O) groups excluding carboxylic acids is 3. The van der Waals surface area contributed by atoms with Gasteiger partial charge in [0.15, 0.2) is 0 Å². The first-order chi connectivity index (χ1) is 11.6. The van der Waals surface area contributed by atoms with E-state index in [0.29, 0.717) is 0 Å². The van der Waals surface area contributed by atoms with Gasteiger partial charge in [0, 0.05) is 30.6 Å². The van der Waals surface area contributed by atoms with E-state index >= 15 is 0 Å². The van der Waals surface area contributed by atoms with Gasteiger partial charge in [-0.15, -0.1) is 0 Å². The van der Waals surface area contributed by atoms with E-state index in [1.54, 1.807) is 0 Å². The maximum Gasteiger partial charge on any atom is 0.408 e. The van der Waals surface area contributed by atoms with Gasteiger partial charge in [0.2, 0.25) is 11.8 Å². The van der Waals surface area contributed by atoms with Crippen molar-refractivity contribution in [3.05, 3.63) is 35.4 Å². The quantitative estimate of drug-likeness (QED) is 0.858. The molecule has 0 saturated carbocycles. The Kier molecular flexibility index (Phi) is 5.34. The molecule has 136 valence electrons. The van der Waals surface area contributed by atoms with E-state index in [-0.39, 0.29) is 30.5 Å². The van der Waals surface area contributed by atoms with Gasteiger partial charge in [-0.2, -0.15) is 13.2 Å². The van der Waals surface area contributed by atoms with Gasteiger partial charge in [0.05, 0.1) is 0 Å². The SMILES string of the molecule is CC(=O)N1CC(NC(=O)c2cccc(C(N)=O)c2)CCC1C(F)(F)F. The standard InChI is InChI=1S/C16H18F3N3O3/c1-9(23)22-8-12(5-6-13(22)16(17,18)19)21-15(25)11-4-2-3-10(7-11)14(20)24/h2-4,7,12-13H,5-6,8H2,1H3,(H2,20,24)(H,21,25). The van der Waals surface area contributed by atoms with Crippen LogP contribution >= 0.6 is 0 Å². The van der Waals surface area contributed by atoms with E-state index in [1.165, 1.54) is 24.3 Å². The van der Waals surface area contributed by atoms with E-state index in [2.05, 4.69) is 5.32 Å². The van der Waals surface area contributed by atoms with Crippen molar-refractivity contribution in [2.75, 3.05) is 6.54 Å². The summed E-state index contributed by atoms with van der Waals surface area (Å²) in [5, 5.41) is 2.61. The number of halogens is 3. The zero-order chi connectivity index (χ0) is 18.8. The maximum atomic E-state index is 13.0. The zero-order valence-corrected chi connectivity index (χ0v) is 13.5. The number of alkyl halides is 3. The number of rotatable bonds is 3. The molecule has 1 aliphatic heterocycles. The van der Waals surface area contributed by atoms with Crippen LogP contribution < -0.4 is 11.1 Å². The smallest absolute Gasteiger partial charge is 0.366 e. The van der Waals surface area contributed by atoms with E-state index in [0.717, 1.165) is 11.8 Å². The molecule has 3 amide bonds. The van der Waals surface area contributed by atoms with Crippen molar-refractivity contribution in [3.63, 3.8) is 0 Å². The Labute approximate surface area is 142 Å². The summed E-state index contributed by atoms with van der Waals surface area (Å²) in [6.07, 6.45) is -4.69. The second-order valence-corrected chi connectivity index (χ2v) is 5.92. The molecule has 0 radical (unpaired) electrons. The van der Waals surface area contributed by atoms with Crippen molar-refractivity contribution < 1.29 is 27.6 Å². The molecule has 9 heteroatoms. The molecule has 0 spiro atoms. The minimum absolute atomic E-state index is 0.0925. The number of hydrogen-bond acceptors (Lipinski definition) is 3. The van der Waals surface area contributed by atoms with Crippen molar-refractivity contribution in [1.82, 2.24) is 10.2 Å². The third kappa shape index (κ3) is 4.49. The number of piperidine rings is 1. The molecule has 25 heavy (non-hydrogen) atoms. The van der Waals surface area contributed by atoms with Gasteiger partial charge < -0.3 is 16.0 Å². The lowest BCUT2D eigenvalue weighted by Crippen LogP contribution is -2.57. The highest BCUT2D eigenvalue weighted by Gasteiger charge is 2.47. The van der Waals surface area contributed by atoms with Crippen LogP contribution in [0.5, 0.6) is 0 Å². The molecule has 0 bridgehead atoms. The van der Waals surface area contributed by atoms with E-state index in [4.69, 9.17) is 5.73 Å². The first kappa shape index (κ1) is 18.8. The maximum absolute atomic E-state index is 13.0. The Morgan fingerprint density at radius 3 is 2.40 bits per heavy atom. The van der Waals surface area contributed by atoms with Gasteiger partial charge in [-0.1, -0.05) is 6.07 Å². The van der Waals surface area contributed by atoms with E-state index in [9.17, 15) is 27.6 Å². The molecule has 0 aromatic heterocycles. The molecule has 1 aliphatic rings. The third-order valence-corrected chi connectivity index (χ3v) is 4.11. The molecule has 3 N–H and O–H groups in total. The highest BCUT2D eigenvalue weighted by molar-refractivity contribution is 5.99. The van der Waals surface area contributed by atoms with Gasteiger partial charge in [-0.25, -0.2) is 0 Å². The molecule has 1 fully saturated rings. The number of primary amides is 1. The van der Waals surface area contributed by atoms with Crippen LogP contribution in [0, 0.1) is 0 Å². The predicted molar refractivity (Wildman–Crippen MR) is 82.7 cm³/mol. The van der Waals surface area contributed by atoms with Crippen LogP contribution in [0.1, 0.15) is 40.5 Å². The number of benzene rings is 1. The van der Waals surface area contributed by atoms with E-state index in [1.807, 2.05) is 0 Å². The summed E-state index contributed by atoms with van der Waals surface area (Å²) in [5.41, 5.74) is 5.47. The molecule has 0 aliphatic carbocycles.